The SMILES string of the molecule is [C-]#[N+]c1ccc(N2CC3(CCN(c4ccc(C(=O)N5CCC(C6CCN(c7ccc8c(c7)C(=O)N(C7CCC(=O)NC7=O)C8=O)CC6)CC5)cn4)CC3)C[C@@H]2C)cc1Cl. The minimum atomic E-state index is -0.976. The van der Waals surface area contributed by atoms with Gasteiger partial charge in [0.1, 0.15) is 11.9 Å². The number of rotatable bonds is 6. The van der Waals surface area contributed by atoms with Crippen LogP contribution >= 0.6 is 11.6 Å². The van der Waals surface area contributed by atoms with Crippen LogP contribution in [0, 0.1) is 23.8 Å². The van der Waals surface area contributed by atoms with Gasteiger partial charge in [0, 0.05) is 80.9 Å². The number of halogens is 1. The Balaban J connectivity index is 0.736. The summed E-state index contributed by atoms with van der Waals surface area (Å²) in [6, 6.07) is 14.5. The third-order valence-electron chi connectivity index (χ3n) is 14.1. The molecule has 0 radical (unpaired) electrons. The molecule has 6 aliphatic rings. The van der Waals surface area contributed by atoms with E-state index in [4.69, 9.17) is 23.2 Å². The summed E-state index contributed by atoms with van der Waals surface area (Å²) in [4.78, 5) is 82.5. The fourth-order valence-corrected chi connectivity index (χ4v) is 11.0. The molecule has 14 heteroatoms. The summed E-state index contributed by atoms with van der Waals surface area (Å²) in [5.41, 5.74) is 3.92. The second kappa shape index (κ2) is 15.6. The number of hydrogen-bond donors (Lipinski definition) is 1. The van der Waals surface area contributed by atoms with Crippen molar-refractivity contribution in [1.82, 2.24) is 20.1 Å². The summed E-state index contributed by atoms with van der Waals surface area (Å²) < 4.78 is 0. The van der Waals surface area contributed by atoms with Crippen molar-refractivity contribution < 1.29 is 24.0 Å². The highest BCUT2D eigenvalue weighted by Crippen LogP contribution is 2.46. The maximum Gasteiger partial charge on any atom is 0.262 e. The molecular weight excluding hydrogens is 768 g/mol. The molecule has 9 rings (SSSR count). The molecule has 3 aromatic rings. The van der Waals surface area contributed by atoms with Gasteiger partial charge in [-0.25, -0.2) is 9.83 Å². The smallest absolute Gasteiger partial charge is 0.262 e. The van der Waals surface area contributed by atoms with Crippen LogP contribution in [-0.4, -0.2) is 102 Å². The number of carbonyl (C=O) groups is 5. The summed E-state index contributed by atoms with van der Waals surface area (Å²) in [5.74, 6) is 0.0823. The summed E-state index contributed by atoms with van der Waals surface area (Å²) >= 11 is 6.38. The molecule has 2 atom stereocenters. The Labute approximate surface area is 349 Å². The molecule has 5 saturated heterocycles. The Morgan fingerprint density at radius 3 is 2.19 bits per heavy atom. The molecule has 13 nitrogen and oxygen atoms in total. The highest BCUT2D eigenvalue weighted by molar-refractivity contribution is 6.33. The van der Waals surface area contributed by atoms with Crippen molar-refractivity contribution in [2.24, 2.45) is 17.3 Å². The minimum Gasteiger partial charge on any atom is -0.371 e. The molecule has 2 aromatic carbocycles. The zero-order valence-corrected chi connectivity index (χ0v) is 34.1. The van der Waals surface area contributed by atoms with Gasteiger partial charge >= 0.3 is 0 Å². The largest absolute Gasteiger partial charge is 0.371 e. The van der Waals surface area contributed by atoms with Crippen molar-refractivity contribution in [3.05, 3.63) is 87.9 Å². The van der Waals surface area contributed by atoms with Gasteiger partial charge < -0.3 is 19.6 Å². The van der Waals surface area contributed by atoms with Gasteiger partial charge in [-0.3, -0.25) is 34.2 Å². The molecular formula is C45H49ClN8O5. The van der Waals surface area contributed by atoms with Gasteiger partial charge in [-0.15, -0.1) is 0 Å². The molecule has 6 aliphatic heterocycles. The molecule has 0 saturated carbocycles. The van der Waals surface area contributed by atoms with Crippen LogP contribution in [0.1, 0.15) is 95.8 Å². The van der Waals surface area contributed by atoms with Crippen LogP contribution in [0.3, 0.4) is 0 Å². The van der Waals surface area contributed by atoms with Crippen LogP contribution in [0.25, 0.3) is 4.85 Å². The predicted molar refractivity (Wildman–Crippen MR) is 224 cm³/mol. The number of nitrogens with one attached hydrogen (secondary N) is 1. The molecule has 0 aliphatic carbocycles. The third-order valence-corrected chi connectivity index (χ3v) is 14.4. The van der Waals surface area contributed by atoms with Crippen LogP contribution in [0.15, 0.2) is 54.7 Å². The number of piperidine rings is 4. The first-order chi connectivity index (χ1) is 28.5. The summed E-state index contributed by atoms with van der Waals surface area (Å²) in [7, 11) is 0. The zero-order chi connectivity index (χ0) is 41.0. The molecule has 5 fully saturated rings. The van der Waals surface area contributed by atoms with Gasteiger partial charge in [-0.05, 0) is 118 Å². The molecule has 1 aromatic heterocycles. The van der Waals surface area contributed by atoms with Crippen LogP contribution < -0.4 is 20.0 Å². The van der Waals surface area contributed by atoms with E-state index in [1.165, 1.54) is 0 Å². The van der Waals surface area contributed by atoms with E-state index < -0.39 is 29.7 Å². The number of carbonyl (C=O) groups excluding carboxylic acids is 5. The maximum atomic E-state index is 13.6. The molecule has 0 bridgehead atoms. The number of hydrogen-bond acceptors (Lipinski definition) is 9. The Morgan fingerprint density at radius 2 is 1.53 bits per heavy atom. The molecule has 306 valence electrons. The third kappa shape index (κ3) is 7.30. The highest BCUT2D eigenvalue weighted by atomic mass is 35.5. The second-order valence-corrected chi connectivity index (χ2v) is 17.9. The average Bonchev–Trinajstić information content (AvgIpc) is 3.71. The number of amides is 5. The molecule has 1 N–H and O–H groups in total. The van der Waals surface area contributed by atoms with Crippen molar-refractivity contribution in [2.45, 2.75) is 76.8 Å². The summed E-state index contributed by atoms with van der Waals surface area (Å²) in [5, 5.41) is 2.75. The average molecular weight is 817 g/mol. The lowest BCUT2D eigenvalue weighted by Gasteiger charge is -2.41. The number of anilines is 3. The van der Waals surface area contributed by atoms with Crippen molar-refractivity contribution in [3.63, 3.8) is 0 Å². The lowest BCUT2D eigenvalue weighted by atomic mass is 9.77. The van der Waals surface area contributed by atoms with E-state index in [-0.39, 0.29) is 24.2 Å². The molecule has 1 unspecified atom stereocenters. The number of likely N-dealkylation sites (tertiary alicyclic amines) is 1. The van der Waals surface area contributed by atoms with Crippen LogP contribution in [-0.2, 0) is 9.59 Å². The summed E-state index contributed by atoms with van der Waals surface area (Å²) in [6.45, 7) is 15.5. The Hall–Kier alpha value is -5.48. The quantitative estimate of drug-likeness (QED) is 0.224. The van der Waals surface area contributed by atoms with Gasteiger partial charge in [0.05, 0.1) is 23.3 Å². The van der Waals surface area contributed by atoms with Crippen LogP contribution in [0.4, 0.5) is 22.9 Å². The minimum absolute atomic E-state index is 0.0419. The standard InChI is InChI=1S/C45H49ClN8O5/c1-28-25-45(27-53(28)33-5-7-37(47-2)36(46)24-33)15-21-51(22-16-45)39-9-3-31(26-48-39)42(57)52-19-13-30(14-20-52)29-11-17-50(18-12-29)32-4-6-34-35(23-32)44(59)54(43(34)58)38-8-10-40(55)49-41(38)56/h3-7,9,23-24,26,28-30,38H,8,10-22,25,27H2,1H3,(H,49,55,56)/t28-,38?/m0/s1. The van der Waals surface area contributed by atoms with Crippen LogP contribution in [0.5, 0.6) is 0 Å². The first kappa shape index (κ1) is 39.0. The number of benzene rings is 2. The first-order valence-electron chi connectivity index (χ1n) is 21.1. The number of fused-ring (bicyclic) bond motifs is 1. The second-order valence-electron chi connectivity index (χ2n) is 17.5. The predicted octanol–water partition coefficient (Wildman–Crippen LogP) is 6.34. The van der Waals surface area contributed by atoms with E-state index in [0.29, 0.717) is 45.3 Å². The van der Waals surface area contributed by atoms with Gasteiger partial charge in [-0.2, -0.15) is 0 Å². The van der Waals surface area contributed by atoms with Crippen LogP contribution in [0.2, 0.25) is 5.02 Å². The number of aromatic nitrogens is 1. The maximum absolute atomic E-state index is 13.6. The van der Waals surface area contributed by atoms with Crippen molar-refractivity contribution in [2.75, 3.05) is 60.5 Å². The molecule has 1 spiro atoms. The van der Waals surface area contributed by atoms with Gasteiger partial charge in [0.2, 0.25) is 17.5 Å². The highest BCUT2D eigenvalue weighted by Gasteiger charge is 2.46. The van der Waals surface area contributed by atoms with E-state index in [0.717, 1.165) is 113 Å². The fraction of sp³-hybridized carbons (Fsp3) is 0.489. The van der Waals surface area contributed by atoms with E-state index in [2.05, 4.69) is 31.8 Å². The van der Waals surface area contributed by atoms with E-state index in [1.807, 2.05) is 41.3 Å². The fourth-order valence-electron chi connectivity index (χ4n) is 10.7. The van der Waals surface area contributed by atoms with Crippen molar-refractivity contribution >= 4 is 64.0 Å². The topological polar surface area (TPSA) is 131 Å². The van der Waals surface area contributed by atoms with E-state index in [1.54, 1.807) is 18.3 Å². The molecule has 7 heterocycles. The first-order valence-corrected chi connectivity index (χ1v) is 21.4. The van der Waals surface area contributed by atoms with E-state index in [9.17, 15) is 24.0 Å². The van der Waals surface area contributed by atoms with Crippen molar-refractivity contribution in [1.29, 1.82) is 0 Å². The van der Waals surface area contributed by atoms with E-state index >= 15 is 0 Å². The number of nitrogens with zero attached hydrogens (tertiary/aromatic N) is 7. The normalized spacial score (nSPS) is 23.8. The molecule has 5 amide bonds. The number of pyridine rings is 1. The van der Waals surface area contributed by atoms with Gasteiger partial charge in [0.15, 0.2) is 0 Å². The zero-order valence-electron chi connectivity index (χ0n) is 33.4. The van der Waals surface area contributed by atoms with Crippen molar-refractivity contribution in [3.8, 4) is 0 Å². The Kier molecular flexibility index (Phi) is 10.3. The molecule has 59 heavy (non-hydrogen) atoms. The van der Waals surface area contributed by atoms with Gasteiger partial charge in [0.25, 0.3) is 17.7 Å². The van der Waals surface area contributed by atoms with Gasteiger partial charge in [-0.1, -0.05) is 17.7 Å². The Bertz CT molecular complexity index is 2230. The monoisotopic (exact) mass is 816 g/mol. The summed E-state index contributed by atoms with van der Waals surface area (Å²) in [6.07, 6.45) is 9.20. The lowest BCUT2D eigenvalue weighted by molar-refractivity contribution is -0.136. The number of imide groups is 2. The Morgan fingerprint density at radius 1 is 0.831 bits per heavy atom. The lowest BCUT2D eigenvalue weighted by Crippen LogP contribution is -2.54.